The van der Waals surface area contributed by atoms with Crippen molar-refractivity contribution in [2.45, 2.75) is 26.3 Å². The molecule has 0 saturated heterocycles. The molecule has 0 aliphatic heterocycles. The van der Waals surface area contributed by atoms with Crippen LogP contribution in [0, 0.1) is 0 Å². The minimum atomic E-state index is -3.25. The Balaban J connectivity index is 2.61. The van der Waals surface area contributed by atoms with Crippen molar-refractivity contribution in [3.05, 3.63) is 18.2 Å². The third-order valence-corrected chi connectivity index (χ3v) is 4.38. The number of nitrogens with one attached hydrogen (secondary N) is 2. The topological polar surface area (TPSA) is 119 Å². The maximum Gasteiger partial charge on any atom is 0.344 e. The standard InChI is InChI=1S/C11H21N4O4P/c1-3-18-20(17,19-4-2)8-15-10(11(12)16)5-9-6-13-7-14-9/h6-7,10,15H,3-5,8H2,1-2H3,(H2,12,16)(H,13,14)/t10-/m0/s1. The molecule has 8 nitrogen and oxygen atoms in total. The molecule has 0 aliphatic carbocycles. The molecule has 0 bridgehead atoms. The van der Waals surface area contributed by atoms with Crippen LogP contribution in [0.25, 0.3) is 0 Å². The molecule has 0 radical (unpaired) electrons. The predicted octanol–water partition coefficient (Wildman–Crippen LogP) is 0.619. The van der Waals surface area contributed by atoms with E-state index in [1.165, 1.54) is 6.33 Å². The molecule has 9 heteroatoms. The highest BCUT2D eigenvalue weighted by Gasteiger charge is 2.26. The number of aromatic amines is 1. The van der Waals surface area contributed by atoms with Gasteiger partial charge in [0, 0.05) is 18.3 Å². The zero-order valence-corrected chi connectivity index (χ0v) is 12.6. The Morgan fingerprint density at radius 3 is 2.60 bits per heavy atom. The number of primary amides is 1. The summed E-state index contributed by atoms with van der Waals surface area (Å²) < 4.78 is 22.5. The summed E-state index contributed by atoms with van der Waals surface area (Å²) >= 11 is 0. The summed E-state index contributed by atoms with van der Waals surface area (Å²) in [5, 5.41) is 2.83. The number of amides is 1. The number of H-pyrrole nitrogens is 1. The van der Waals surface area contributed by atoms with E-state index in [0.717, 1.165) is 5.69 Å². The highest BCUT2D eigenvalue weighted by Crippen LogP contribution is 2.46. The minimum Gasteiger partial charge on any atom is -0.368 e. The summed E-state index contributed by atoms with van der Waals surface area (Å²) in [6, 6.07) is -0.676. The lowest BCUT2D eigenvalue weighted by atomic mass is 10.1. The summed E-state index contributed by atoms with van der Waals surface area (Å²) in [5.41, 5.74) is 6.08. The van der Waals surface area contributed by atoms with Crippen LogP contribution in [0.15, 0.2) is 12.5 Å². The second kappa shape index (κ2) is 8.16. The molecule has 0 saturated carbocycles. The number of nitrogens with zero attached hydrogens (tertiary/aromatic N) is 1. The zero-order chi connectivity index (χ0) is 15.0. The van der Waals surface area contributed by atoms with Crippen molar-refractivity contribution in [2.75, 3.05) is 19.5 Å². The van der Waals surface area contributed by atoms with Gasteiger partial charge in [-0.25, -0.2) is 4.98 Å². The van der Waals surface area contributed by atoms with E-state index in [-0.39, 0.29) is 19.5 Å². The Morgan fingerprint density at radius 2 is 2.15 bits per heavy atom. The number of imidazole rings is 1. The molecular formula is C11H21N4O4P. The monoisotopic (exact) mass is 304 g/mol. The van der Waals surface area contributed by atoms with Gasteiger partial charge in [0.1, 0.15) is 0 Å². The van der Waals surface area contributed by atoms with Crippen LogP contribution < -0.4 is 11.1 Å². The molecular weight excluding hydrogens is 283 g/mol. The van der Waals surface area contributed by atoms with Crippen LogP contribution in [0.5, 0.6) is 0 Å². The molecule has 0 fully saturated rings. The molecule has 1 rings (SSSR count). The van der Waals surface area contributed by atoms with Crippen LogP contribution in [0.1, 0.15) is 19.5 Å². The SMILES string of the molecule is CCOP(=O)(CN[C@@H](Cc1cnc[nH]1)C(N)=O)OCC. The van der Waals surface area contributed by atoms with Crippen molar-refractivity contribution in [1.29, 1.82) is 0 Å². The Kier molecular flexibility index (Phi) is 6.87. The van der Waals surface area contributed by atoms with E-state index in [4.69, 9.17) is 14.8 Å². The molecule has 1 amide bonds. The van der Waals surface area contributed by atoms with Crippen LogP contribution in [-0.2, 0) is 24.8 Å². The second-order valence-corrected chi connectivity index (χ2v) is 6.10. The third-order valence-electron chi connectivity index (χ3n) is 2.51. The average Bonchev–Trinajstić information content (AvgIpc) is 2.87. The summed E-state index contributed by atoms with van der Waals surface area (Å²) in [7, 11) is -3.25. The van der Waals surface area contributed by atoms with Crippen molar-refractivity contribution >= 4 is 13.5 Å². The van der Waals surface area contributed by atoms with Gasteiger partial charge in [-0.15, -0.1) is 0 Å². The van der Waals surface area contributed by atoms with Crippen LogP contribution in [-0.4, -0.2) is 41.4 Å². The van der Waals surface area contributed by atoms with Gasteiger partial charge >= 0.3 is 7.60 Å². The quantitative estimate of drug-likeness (QED) is 0.545. The van der Waals surface area contributed by atoms with E-state index in [1.54, 1.807) is 20.0 Å². The lowest BCUT2D eigenvalue weighted by Crippen LogP contribution is -2.43. The van der Waals surface area contributed by atoms with Crippen LogP contribution in [0.2, 0.25) is 0 Å². The number of rotatable bonds is 10. The van der Waals surface area contributed by atoms with Crippen LogP contribution in [0.4, 0.5) is 0 Å². The molecule has 20 heavy (non-hydrogen) atoms. The maximum atomic E-state index is 12.3. The first-order chi connectivity index (χ1) is 9.50. The lowest BCUT2D eigenvalue weighted by molar-refractivity contribution is -0.119. The first-order valence-electron chi connectivity index (χ1n) is 6.38. The number of nitrogens with two attached hydrogens (primary N) is 1. The summed E-state index contributed by atoms with van der Waals surface area (Å²) in [6.07, 6.45) is 3.37. The van der Waals surface area contributed by atoms with Gasteiger partial charge < -0.3 is 19.8 Å². The van der Waals surface area contributed by atoms with Gasteiger partial charge in [-0.3, -0.25) is 14.7 Å². The molecule has 0 unspecified atom stereocenters. The van der Waals surface area contributed by atoms with Gasteiger partial charge in [0.05, 0.1) is 31.9 Å². The molecule has 1 aromatic rings. The zero-order valence-electron chi connectivity index (χ0n) is 11.7. The van der Waals surface area contributed by atoms with Crippen LogP contribution in [0.3, 0.4) is 0 Å². The Labute approximate surface area is 118 Å². The van der Waals surface area contributed by atoms with Gasteiger partial charge in [-0.1, -0.05) is 0 Å². The van der Waals surface area contributed by atoms with Crippen molar-refractivity contribution in [1.82, 2.24) is 15.3 Å². The molecule has 1 atom stereocenters. The largest absolute Gasteiger partial charge is 0.368 e. The summed E-state index contributed by atoms with van der Waals surface area (Å²) in [5.74, 6) is -0.542. The van der Waals surface area contributed by atoms with Gasteiger partial charge in [-0.2, -0.15) is 0 Å². The predicted molar refractivity (Wildman–Crippen MR) is 74.1 cm³/mol. The highest BCUT2D eigenvalue weighted by molar-refractivity contribution is 7.53. The van der Waals surface area contributed by atoms with Gasteiger partial charge in [0.25, 0.3) is 0 Å². The van der Waals surface area contributed by atoms with Gasteiger partial charge in [0.2, 0.25) is 5.91 Å². The van der Waals surface area contributed by atoms with E-state index in [9.17, 15) is 9.36 Å². The second-order valence-electron chi connectivity index (χ2n) is 4.04. The van der Waals surface area contributed by atoms with E-state index in [1.807, 2.05) is 0 Å². The number of aromatic nitrogens is 2. The smallest absolute Gasteiger partial charge is 0.344 e. The molecule has 114 valence electrons. The fraction of sp³-hybridized carbons (Fsp3) is 0.636. The van der Waals surface area contributed by atoms with Crippen molar-refractivity contribution in [2.24, 2.45) is 5.73 Å². The number of carbonyl (C=O) groups excluding carboxylic acids is 1. The van der Waals surface area contributed by atoms with Crippen molar-refractivity contribution < 1.29 is 18.4 Å². The molecule has 0 aromatic carbocycles. The molecule has 4 N–H and O–H groups in total. The first kappa shape index (κ1) is 16.8. The Morgan fingerprint density at radius 1 is 1.50 bits per heavy atom. The Bertz CT molecular complexity index is 441. The highest BCUT2D eigenvalue weighted by atomic mass is 31.2. The van der Waals surface area contributed by atoms with E-state index < -0.39 is 19.5 Å². The first-order valence-corrected chi connectivity index (χ1v) is 8.11. The lowest BCUT2D eigenvalue weighted by Gasteiger charge is -2.20. The van der Waals surface area contributed by atoms with Crippen molar-refractivity contribution in [3.8, 4) is 0 Å². The maximum absolute atomic E-state index is 12.3. The van der Waals surface area contributed by atoms with E-state index in [0.29, 0.717) is 6.42 Å². The van der Waals surface area contributed by atoms with E-state index >= 15 is 0 Å². The fourth-order valence-corrected chi connectivity index (χ4v) is 3.12. The van der Waals surface area contributed by atoms with Gasteiger partial charge in [0.15, 0.2) is 0 Å². The fourth-order valence-electron chi connectivity index (χ4n) is 1.63. The summed E-state index contributed by atoms with van der Waals surface area (Å²) in [4.78, 5) is 18.2. The molecule has 0 aliphatic rings. The minimum absolute atomic E-state index is 0.0730. The molecule has 0 spiro atoms. The van der Waals surface area contributed by atoms with Crippen molar-refractivity contribution in [3.63, 3.8) is 0 Å². The number of hydrogen-bond acceptors (Lipinski definition) is 6. The number of carbonyl (C=O) groups is 1. The normalized spacial score (nSPS) is 13.3. The third kappa shape index (κ3) is 5.42. The summed E-state index contributed by atoms with van der Waals surface area (Å²) in [6.45, 7) is 3.98. The average molecular weight is 304 g/mol. The van der Waals surface area contributed by atoms with Gasteiger partial charge in [-0.05, 0) is 13.8 Å². The molecule has 1 heterocycles. The van der Waals surface area contributed by atoms with Crippen LogP contribution >= 0.6 is 7.60 Å². The Hall–Kier alpha value is -1.21. The molecule has 1 aromatic heterocycles. The van der Waals surface area contributed by atoms with E-state index in [2.05, 4.69) is 15.3 Å². The number of hydrogen-bond donors (Lipinski definition) is 3.